The predicted molar refractivity (Wildman–Crippen MR) is 83.6 cm³/mol. The van der Waals surface area contributed by atoms with Gasteiger partial charge in [0, 0.05) is 17.5 Å². The summed E-state index contributed by atoms with van der Waals surface area (Å²) in [6, 6.07) is 16.0. The molecule has 0 saturated carbocycles. The van der Waals surface area contributed by atoms with Crippen LogP contribution in [0.5, 0.6) is 5.75 Å². The van der Waals surface area contributed by atoms with Crippen molar-refractivity contribution in [2.75, 3.05) is 5.73 Å². The number of nitrogens with two attached hydrogens (primary N) is 1. The molecule has 0 aliphatic carbocycles. The highest BCUT2D eigenvalue weighted by atomic mass is 16.6. The van der Waals surface area contributed by atoms with Crippen molar-refractivity contribution in [1.82, 2.24) is 4.98 Å². The van der Waals surface area contributed by atoms with Crippen LogP contribution < -0.4 is 10.5 Å². The molecule has 0 saturated heterocycles. The van der Waals surface area contributed by atoms with Gasteiger partial charge in [0.05, 0.1) is 16.1 Å². The minimum atomic E-state index is -0.524. The van der Waals surface area contributed by atoms with Crippen LogP contribution in [0.3, 0.4) is 0 Å². The van der Waals surface area contributed by atoms with Gasteiger partial charge in [0.1, 0.15) is 18.0 Å². The third-order valence-electron chi connectivity index (χ3n) is 3.24. The Kier molecular flexibility index (Phi) is 3.57. The SMILES string of the molecule is Nc1cc(OCc2ccc3ccccc3n2)ccc1[N+](=O)[O-]. The highest BCUT2D eigenvalue weighted by Gasteiger charge is 2.11. The molecular formula is C16H13N3O3. The highest BCUT2D eigenvalue weighted by Crippen LogP contribution is 2.26. The number of benzene rings is 2. The van der Waals surface area contributed by atoms with E-state index in [0.717, 1.165) is 16.6 Å². The molecule has 0 aliphatic heterocycles. The van der Waals surface area contributed by atoms with E-state index in [4.69, 9.17) is 10.5 Å². The number of aromatic nitrogens is 1. The van der Waals surface area contributed by atoms with Gasteiger partial charge in [-0.25, -0.2) is 4.98 Å². The average Bonchev–Trinajstić information content (AvgIpc) is 2.52. The fourth-order valence-electron chi connectivity index (χ4n) is 2.13. The quantitative estimate of drug-likeness (QED) is 0.453. The van der Waals surface area contributed by atoms with Crippen molar-refractivity contribution < 1.29 is 9.66 Å². The fraction of sp³-hybridized carbons (Fsp3) is 0.0625. The smallest absolute Gasteiger partial charge is 0.292 e. The number of nitrogens with zero attached hydrogens (tertiary/aromatic N) is 2. The largest absolute Gasteiger partial charge is 0.487 e. The van der Waals surface area contributed by atoms with E-state index in [-0.39, 0.29) is 18.0 Å². The Morgan fingerprint density at radius 3 is 2.73 bits per heavy atom. The summed E-state index contributed by atoms with van der Waals surface area (Å²) in [6.45, 7) is 0.266. The first-order chi connectivity index (χ1) is 10.6. The van der Waals surface area contributed by atoms with Gasteiger partial charge in [-0.1, -0.05) is 24.3 Å². The summed E-state index contributed by atoms with van der Waals surface area (Å²) in [4.78, 5) is 14.7. The normalized spacial score (nSPS) is 10.5. The third-order valence-corrected chi connectivity index (χ3v) is 3.24. The first-order valence-electron chi connectivity index (χ1n) is 6.65. The van der Waals surface area contributed by atoms with Crippen molar-refractivity contribution >= 4 is 22.3 Å². The lowest BCUT2D eigenvalue weighted by molar-refractivity contribution is -0.383. The molecule has 3 rings (SSSR count). The topological polar surface area (TPSA) is 91.3 Å². The number of ether oxygens (including phenoxy) is 1. The summed E-state index contributed by atoms with van der Waals surface area (Å²) >= 11 is 0. The Morgan fingerprint density at radius 1 is 1.14 bits per heavy atom. The van der Waals surface area contributed by atoms with Gasteiger partial charge in [-0.15, -0.1) is 0 Å². The second-order valence-corrected chi connectivity index (χ2v) is 4.76. The van der Waals surface area contributed by atoms with Gasteiger partial charge in [-0.3, -0.25) is 10.1 Å². The van der Waals surface area contributed by atoms with Crippen molar-refractivity contribution in [3.05, 3.63) is 70.4 Å². The van der Waals surface area contributed by atoms with Crippen LogP contribution in [0.1, 0.15) is 5.69 Å². The molecule has 0 fully saturated rings. The van der Waals surface area contributed by atoms with Crippen LogP contribution in [0.2, 0.25) is 0 Å². The molecule has 1 heterocycles. The van der Waals surface area contributed by atoms with Crippen LogP contribution in [0, 0.1) is 10.1 Å². The lowest BCUT2D eigenvalue weighted by atomic mass is 10.2. The Balaban J connectivity index is 1.76. The molecule has 0 aliphatic rings. The summed E-state index contributed by atoms with van der Waals surface area (Å²) < 4.78 is 5.59. The summed E-state index contributed by atoms with van der Waals surface area (Å²) in [5.74, 6) is 0.470. The maximum Gasteiger partial charge on any atom is 0.292 e. The van der Waals surface area contributed by atoms with Crippen LogP contribution in [-0.2, 0) is 6.61 Å². The van der Waals surface area contributed by atoms with Gasteiger partial charge in [-0.2, -0.15) is 0 Å². The average molecular weight is 295 g/mol. The van der Waals surface area contributed by atoms with E-state index in [2.05, 4.69) is 4.98 Å². The third kappa shape index (κ3) is 2.80. The van der Waals surface area contributed by atoms with Crippen LogP contribution in [0.4, 0.5) is 11.4 Å². The van der Waals surface area contributed by atoms with E-state index in [1.807, 2.05) is 36.4 Å². The van der Waals surface area contributed by atoms with E-state index >= 15 is 0 Å². The minimum Gasteiger partial charge on any atom is -0.487 e. The van der Waals surface area contributed by atoms with E-state index in [1.54, 1.807) is 0 Å². The van der Waals surface area contributed by atoms with Crippen molar-refractivity contribution in [2.24, 2.45) is 0 Å². The first-order valence-corrected chi connectivity index (χ1v) is 6.65. The molecule has 0 unspecified atom stereocenters. The Hall–Kier alpha value is -3.15. The fourth-order valence-corrected chi connectivity index (χ4v) is 2.13. The molecule has 0 radical (unpaired) electrons. The molecule has 2 N–H and O–H groups in total. The minimum absolute atomic E-state index is 0.0778. The highest BCUT2D eigenvalue weighted by molar-refractivity contribution is 5.78. The van der Waals surface area contributed by atoms with Crippen molar-refractivity contribution in [3.8, 4) is 5.75 Å². The number of nitro groups is 1. The zero-order valence-electron chi connectivity index (χ0n) is 11.6. The molecule has 3 aromatic rings. The van der Waals surface area contributed by atoms with E-state index in [0.29, 0.717) is 5.75 Å². The maximum absolute atomic E-state index is 10.7. The van der Waals surface area contributed by atoms with Gasteiger partial charge in [0.2, 0.25) is 0 Å². The van der Waals surface area contributed by atoms with Gasteiger partial charge in [0.15, 0.2) is 0 Å². The zero-order valence-corrected chi connectivity index (χ0v) is 11.6. The predicted octanol–water partition coefficient (Wildman–Crippen LogP) is 3.30. The molecular weight excluding hydrogens is 282 g/mol. The van der Waals surface area contributed by atoms with Crippen LogP contribution in [-0.4, -0.2) is 9.91 Å². The number of rotatable bonds is 4. The van der Waals surface area contributed by atoms with Crippen molar-refractivity contribution in [2.45, 2.75) is 6.61 Å². The lowest BCUT2D eigenvalue weighted by Gasteiger charge is -2.07. The molecule has 110 valence electrons. The van der Waals surface area contributed by atoms with E-state index in [9.17, 15) is 10.1 Å². The molecule has 1 aromatic heterocycles. The molecule has 6 nitrogen and oxygen atoms in total. The molecule has 0 bridgehead atoms. The number of hydrogen-bond donors (Lipinski definition) is 1. The van der Waals surface area contributed by atoms with E-state index in [1.165, 1.54) is 18.2 Å². The van der Waals surface area contributed by atoms with Crippen LogP contribution in [0.15, 0.2) is 54.6 Å². The molecule has 0 atom stereocenters. The summed E-state index contributed by atoms with van der Waals surface area (Å²) in [6.07, 6.45) is 0. The maximum atomic E-state index is 10.7. The monoisotopic (exact) mass is 295 g/mol. The Morgan fingerprint density at radius 2 is 1.95 bits per heavy atom. The zero-order chi connectivity index (χ0) is 15.5. The number of anilines is 1. The second-order valence-electron chi connectivity index (χ2n) is 4.76. The Bertz CT molecular complexity index is 849. The molecule has 2 aromatic carbocycles. The number of para-hydroxylation sites is 1. The Labute approximate surface area is 126 Å². The van der Waals surface area contributed by atoms with Gasteiger partial charge in [0.25, 0.3) is 5.69 Å². The number of fused-ring (bicyclic) bond motifs is 1. The lowest BCUT2D eigenvalue weighted by Crippen LogP contribution is -2.00. The molecule has 22 heavy (non-hydrogen) atoms. The van der Waals surface area contributed by atoms with Crippen LogP contribution >= 0.6 is 0 Å². The number of pyridine rings is 1. The first kappa shape index (κ1) is 13.8. The number of hydrogen-bond acceptors (Lipinski definition) is 5. The van der Waals surface area contributed by atoms with Gasteiger partial charge >= 0.3 is 0 Å². The van der Waals surface area contributed by atoms with Gasteiger partial charge in [-0.05, 0) is 18.2 Å². The standard InChI is InChI=1S/C16H13N3O3/c17-14-9-13(7-8-16(14)19(20)21)22-10-12-6-5-11-3-1-2-4-15(11)18-12/h1-9H,10,17H2. The van der Waals surface area contributed by atoms with E-state index < -0.39 is 4.92 Å². The summed E-state index contributed by atoms with van der Waals surface area (Å²) in [7, 11) is 0. The van der Waals surface area contributed by atoms with Crippen LogP contribution in [0.25, 0.3) is 10.9 Å². The van der Waals surface area contributed by atoms with Crippen molar-refractivity contribution in [3.63, 3.8) is 0 Å². The molecule has 0 spiro atoms. The number of nitro benzene ring substituents is 1. The molecule has 6 heteroatoms. The second kappa shape index (κ2) is 5.69. The number of nitrogen functional groups attached to an aromatic ring is 1. The summed E-state index contributed by atoms with van der Waals surface area (Å²) in [5.41, 5.74) is 7.25. The molecule has 0 amide bonds. The van der Waals surface area contributed by atoms with Crippen molar-refractivity contribution in [1.29, 1.82) is 0 Å². The van der Waals surface area contributed by atoms with Gasteiger partial charge < -0.3 is 10.5 Å². The summed E-state index contributed by atoms with van der Waals surface area (Å²) in [5, 5.41) is 11.8.